The van der Waals surface area contributed by atoms with Gasteiger partial charge in [0.1, 0.15) is 0 Å². The van der Waals surface area contributed by atoms with E-state index in [1.54, 1.807) is 0 Å². The molecule has 0 N–H and O–H groups in total. The molecule has 1 fully saturated rings. The van der Waals surface area contributed by atoms with Crippen molar-refractivity contribution < 1.29 is 0 Å². The summed E-state index contributed by atoms with van der Waals surface area (Å²) in [5.41, 5.74) is 5.54. The number of hydrogen-bond acceptors (Lipinski definition) is 0. The summed E-state index contributed by atoms with van der Waals surface area (Å²) in [4.78, 5) is 0. The zero-order valence-corrected chi connectivity index (χ0v) is 22.0. The molecular formula is C32H34P2. The maximum Gasteiger partial charge on any atom is 0.0375 e. The molecule has 1 aliphatic rings. The van der Waals surface area contributed by atoms with Gasteiger partial charge in [-0.1, -0.05) is 134 Å². The Morgan fingerprint density at radius 1 is 0.412 bits per heavy atom. The summed E-state index contributed by atoms with van der Waals surface area (Å²) in [6, 6.07) is 44.6. The molecule has 0 bridgehead atoms. The van der Waals surface area contributed by atoms with Gasteiger partial charge in [-0.15, -0.1) is 18.5 Å². The topological polar surface area (TPSA) is 0 Å². The molecule has 0 aromatic heterocycles. The van der Waals surface area contributed by atoms with Gasteiger partial charge in [-0.05, 0) is 46.9 Å². The van der Waals surface area contributed by atoms with Gasteiger partial charge in [0.15, 0.2) is 0 Å². The van der Waals surface area contributed by atoms with Gasteiger partial charge in [-0.2, -0.15) is 0 Å². The first-order chi connectivity index (χ1) is 16.6. The summed E-state index contributed by atoms with van der Waals surface area (Å²) in [5.74, 6) is 0.933. The first kappa shape index (κ1) is 23.5. The molecule has 0 radical (unpaired) electrons. The molecule has 2 unspecified atom stereocenters. The van der Waals surface area contributed by atoms with E-state index >= 15 is 0 Å². The second-order valence-corrected chi connectivity index (χ2v) is 11.5. The van der Waals surface area contributed by atoms with E-state index in [9.17, 15) is 0 Å². The molecule has 0 amide bonds. The van der Waals surface area contributed by atoms with Crippen molar-refractivity contribution in [2.75, 3.05) is 0 Å². The van der Waals surface area contributed by atoms with Crippen molar-refractivity contribution in [3.63, 3.8) is 0 Å². The molecule has 0 heterocycles. The monoisotopic (exact) mass is 480 g/mol. The Morgan fingerprint density at radius 2 is 0.647 bits per heavy atom. The highest BCUT2D eigenvalue weighted by Gasteiger charge is 2.50. The molecule has 0 nitrogen and oxygen atoms in total. The van der Waals surface area contributed by atoms with E-state index in [0.717, 1.165) is 0 Å². The second-order valence-electron chi connectivity index (χ2n) is 9.70. The maximum atomic E-state index is 3.36. The van der Waals surface area contributed by atoms with Crippen LogP contribution in [0.25, 0.3) is 0 Å². The van der Waals surface area contributed by atoms with Gasteiger partial charge in [-0.3, -0.25) is 0 Å². The molecule has 4 atom stereocenters. The van der Waals surface area contributed by atoms with Crippen LogP contribution in [0.2, 0.25) is 0 Å². The zero-order chi connectivity index (χ0) is 23.4. The summed E-state index contributed by atoms with van der Waals surface area (Å²) in [5, 5.41) is -0.308. The molecule has 4 aromatic carbocycles. The first-order valence-electron chi connectivity index (χ1n) is 12.4. The van der Waals surface area contributed by atoms with E-state index in [-0.39, 0.29) is 10.3 Å². The van der Waals surface area contributed by atoms with Crippen LogP contribution in [0.4, 0.5) is 0 Å². The fourth-order valence-electron chi connectivity index (χ4n) is 6.27. The lowest BCUT2D eigenvalue weighted by Gasteiger charge is -2.52. The van der Waals surface area contributed by atoms with Gasteiger partial charge < -0.3 is 0 Å². The Balaban J connectivity index is 1.72. The molecule has 2 heteroatoms. The van der Waals surface area contributed by atoms with Crippen molar-refractivity contribution in [1.29, 1.82) is 0 Å². The second kappa shape index (κ2) is 10.2. The summed E-state index contributed by atoms with van der Waals surface area (Å²) in [6.07, 6.45) is 4.99. The van der Waals surface area contributed by atoms with Gasteiger partial charge in [-0.25, -0.2) is 0 Å². The highest BCUT2D eigenvalue weighted by atomic mass is 31.0. The minimum Gasteiger partial charge on any atom is -0.121 e. The van der Waals surface area contributed by atoms with Crippen LogP contribution in [-0.2, 0) is 10.3 Å². The minimum absolute atomic E-state index is 0.154. The van der Waals surface area contributed by atoms with Crippen LogP contribution in [0.3, 0.4) is 0 Å². The van der Waals surface area contributed by atoms with Crippen molar-refractivity contribution in [3.05, 3.63) is 144 Å². The molecular weight excluding hydrogens is 446 g/mol. The molecule has 0 saturated heterocycles. The Bertz CT molecular complexity index is 997. The van der Waals surface area contributed by atoms with Crippen molar-refractivity contribution >= 4 is 18.5 Å². The van der Waals surface area contributed by atoms with E-state index in [1.165, 1.54) is 47.9 Å². The van der Waals surface area contributed by atoms with E-state index in [1.807, 2.05) is 0 Å². The standard InChI is InChI=1S/C32H34P2/c33-31(25-15-5-1-6-16-25,26-17-7-2-8-18-26)29-23-13-14-24-30(29)32(34,27-19-9-3-10-20-27)28-21-11-4-12-22-28/h1-12,15-22,29-30H,13-14,23-24,33-34H2/t29-,30-/m0/s1. The summed E-state index contributed by atoms with van der Waals surface area (Å²) >= 11 is 0. The summed E-state index contributed by atoms with van der Waals surface area (Å²) in [6.45, 7) is 0. The third-order valence-corrected chi connectivity index (χ3v) is 10.1. The largest absolute Gasteiger partial charge is 0.121 e. The van der Waals surface area contributed by atoms with Crippen molar-refractivity contribution in [1.82, 2.24) is 0 Å². The predicted octanol–water partition coefficient (Wildman–Crippen LogP) is 8.43. The molecule has 0 aliphatic heterocycles. The molecule has 1 aliphatic carbocycles. The summed E-state index contributed by atoms with van der Waals surface area (Å²) in [7, 11) is 6.72. The quantitative estimate of drug-likeness (QED) is 0.243. The lowest BCUT2D eigenvalue weighted by Crippen LogP contribution is -2.45. The van der Waals surface area contributed by atoms with E-state index < -0.39 is 0 Å². The highest BCUT2D eigenvalue weighted by molar-refractivity contribution is 7.19. The minimum atomic E-state index is -0.154. The normalized spacial score (nSPS) is 19.0. The smallest absolute Gasteiger partial charge is 0.0375 e. The zero-order valence-electron chi connectivity index (χ0n) is 19.7. The van der Waals surface area contributed by atoms with Gasteiger partial charge in [0.2, 0.25) is 0 Å². The predicted molar refractivity (Wildman–Crippen MR) is 152 cm³/mol. The van der Waals surface area contributed by atoms with Crippen LogP contribution in [-0.4, -0.2) is 0 Å². The molecule has 172 valence electrons. The van der Waals surface area contributed by atoms with E-state index in [0.29, 0.717) is 11.8 Å². The average molecular weight is 481 g/mol. The van der Waals surface area contributed by atoms with Crippen LogP contribution in [0.1, 0.15) is 47.9 Å². The van der Waals surface area contributed by atoms with Crippen molar-refractivity contribution in [2.24, 2.45) is 11.8 Å². The number of rotatable bonds is 6. The SMILES string of the molecule is PC(c1ccccc1)(c1ccccc1)[C@H]1CCCC[C@@H]1C(P)(c1ccccc1)c1ccccc1. The molecule has 0 spiro atoms. The Labute approximate surface area is 209 Å². The van der Waals surface area contributed by atoms with Gasteiger partial charge in [0.05, 0.1) is 0 Å². The Morgan fingerprint density at radius 3 is 0.882 bits per heavy atom. The van der Waals surface area contributed by atoms with Crippen molar-refractivity contribution in [3.8, 4) is 0 Å². The fraction of sp³-hybridized carbons (Fsp3) is 0.250. The van der Waals surface area contributed by atoms with Gasteiger partial charge >= 0.3 is 0 Å². The maximum absolute atomic E-state index is 3.36. The fourth-order valence-corrected chi connectivity index (χ4v) is 7.83. The molecule has 34 heavy (non-hydrogen) atoms. The summed E-state index contributed by atoms with van der Waals surface area (Å²) < 4.78 is 0. The average Bonchev–Trinajstić information content (AvgIpc) is 2.94. The number of hydrogen-bond donors (Lipinski definition) is 0. The Kier molecular flexibility index (Phi) is 7.01. The highest BCUT2D eigenvalue weighted by Crippen LogP contribution is 2.60. The van der Waals surface area contributed by atoms with E-state index in [2.05, 4.69) is 140 Å². The van der Waals surface area contributed by atoms with Crippen LogP contribution in [0, 0.1) is 11.8 Å². The molecule has 4 aromatic rings. The van der Waals surface area contributed by atoms with Crippen LogP contribution in [0.5, 0.6) is 0 Å². The molecule has 1 saturated carbocycles. The lowest BCUT2D eigenvalue weighted by atomic mass is 9.60. The third kappa shape index (κ3) is 4.17. The number of benzene rings is 4. The van der Waals surface area contributed by atoms with E-state index in [4.69, 9.17) is 0 Å². The van der Waals surface area contributed by atoms with Gasteiger partial charge in [0, 0.05) is 10.3 Å². The van der Waals surface area contributed by atoms with Crippen molar-refractivity contribution in [2.45, 2.75) is 36.0 Å². The molecule has 5 rings (SSSR count). The first-order valence-corrected chi connectivity index (χ1v) is 13.6. The van der Waals surface area contributed by atoms with Gasteiger partial charge in [0.25, 0.3) is 0 Å². The van der Waals surface area contributed by atoms with Crippen LogP contribution >= 0.6 is 18.5 Å². The lowest BCUT2D eigenvalue weighted by molar-refractivity contribution is 0.168. The van der Waals surface area contributed by atoms with Crippen LogP contribution in [0.15, 0.2) is 121 Å². The Hall–Kier alpha value is -2.26. The van der Waals surface area contributed by atoms with Crippen LogP contribution < -0.4 is 0 Å². The third-order valence-electron chi connectivity index (χ3n) is 7.94.